The van der Waals surface area contributed by atoms with Crippen molar-refractivity contribution in [2.45, 2.75) is 33.4 Å². The molecule has 0 aromatic heterocycles. The van der Waals surface area contributed by atoms with Crippen LogP contribution in [-0.4, -0.2) is 52.6 Å². The Morgan fingerprint density at radius 1 is 0.962 bits per heavy atom. The highest BCUT2D eigenvalue weighted by atomic mass is 127. The minimum Gasteiger partial charge on any atom is -0.382 e. The van der Waals surface area contributed by atoms with Crippen molar-refractivity contribution in [2.75, 3.05) is 46.6 Å². The van der Waals surface area contributed by atoms with Crippen molar-refractivity contribution < 1.29 is 14.2 Å². The third-order valence-electron chi connectivity index (χ3n) is 3.45. The van der Waals surface area contributed by atoms with Gasteiger partial charge in [0.15, 0.2) is 5.96 Å². The van der Waals surface area contributed by atoms with Gasteiger partial charge in [-0.3, -0.25) is 0 Å². The van der Waals surface area contributed by atoms with Crippen molar-refractivity contribution in [2.24, 2.45) is 4.99 Å². The summed E-state index contributed by atoms with van der Waals surface area (Å²) in [6.07, 6.45) is 0.931. The smallest absolute Gasteiger partial charge is 0.191 e. The molecule has 0 amide bonds. The van der Waals surface area contributed by atoms with Gasteiger partial charge >= 0.3 is 0 Å². The fourth-order valence-corrected chi connectivity index (χ4v) is 2.10. The molecule has 0 bridgehead atoms. The number of nitrogens with zero attached hydrogens (tertiary/aromatic N) is 1. The van der Waals surface area contributed by atoms with Crippen LogP contribution in [0.4, 0.5) is 0 Å². The van der Waals surface area contributed by atoms with Crippen LogP contribution in [-0.2, 0) is 27.4 Å². The van der Waals surface area contributed by atoms with Crippen molar-refractivity contribution in [1.82, 2.24) is 10.6 Å². The number of hydrogen-bond donors (Lipinski definition) is 2. The molecule has 2 N–H and O–H groups in total. The van der Waals surface area contributed by atoms with E-state index >= 15 is 0 Å². The number of aliphatic imine (C=N–C) groups is 1. The molecule has 7 heteroatoms. The van der Waals surface area contributed by atoms with Gasteiger partial charge in [-0.25, -0.2) is 4.99 Å². The standard InChI is InChI=1S/C19H33N3O3.HI/c1-4-20-19(21-11-6-12-25-14-13-23-3)22-15-17-7-9-18(10-8-17)16-24-5-2;/h7-10H,4-6,11-16H2,1-3H3,(H2,20,21,22);1H. The molecule has 26 heavy (non-hydrogen) atoms. The maximum absolute atomic E-state index is 5.45. The summed E-state index contributed by atoms with van der Waals surface area (Å²) in [6, 6.07) is 8.40. The molecule has 0 fully saturated rings. The Labute approximate surface area is 175 Å². The maximum atomic E-state index is 5.45. The Bertz CT molecular complexity index is 470. The van der Waals surface area contributed by atoms with Gasteiger partial charge in [0, 0.05) is 33.4 Å². The highest BCUT2D eigenvalue weighted by molar-refractivity contribution is 14.0. The van der Waals surface area contributed by atoms with E-state index < -0.39 is 0 Å². The molecule has 1 rings (SSSR count). The van der Waals surface area contributed by atoms with Crippen molar-refractivity contribution >= 4 is 29.9 Å². The van der Waals surface area contributed by atoms with Gasteiger partial charge in [0.2, 0.25) is 0 Å². The number of nitrogens with one attached hydrogen (secondary N) is 2. The molecule has 1 aromatic carbocycles. The number of methoxy groups -OCH3 is 1. The molecule has 0 aliphatic carbocycles. The molecular formula is C19H34IN3O3. The molecule has 0 heterocycles. The van der Waals surface area contributed by atoms with E-state index in [1.165, 1.54) is 11.1 Å². The van der Waals surface area contributed by atoms with Crippen LogP contribution in [0, 0.1) is 0 Å². The average molecular weight is 479 g/mol. The molecule has 0 aliphatic heterocycles. The van der Waals surface area contributed by atoms with Gasteiger partial charge in [-0.15, -0.1) is 24.0 Å². The molecule has 0 saturated carbocycles. The number of guanidine groups is 1. The quantitative estimate of drug-likeness (QED) is 0.197. The van der Waals surface area contributed by atoms with Gasteiger partial charge in [0.05, 0.1) is 26.4 Å². The van der Waals surface area contributed by atoms with Gasteiger partial charge in [-0.1, -0.05) is 24.3 Å². The van der Waals surface area contributed by atoms with E-state index in [1.807, 2.05) is 6.92 Å². The molecular weight excluding hydrogens is 445 g/mol. The third-order valence-corrected chi connectivity index (χ3v) is 3.45. The molecule has 0 unspecified atom stereocenters. The Kier molecular flexibility index (Phi) is 16.9. The lowest BCUT2D eigenvalue weighted by atomic mass is 10.1. The third kappa shape index (κ3) is 12.5. The van der Waals surface area contributed by atoms with E-state index in [1.54, 1.807) is 7.11 Å². The lowest BCUT2D eigenvalue weighted by molar-refractivity contribution is 0.0698. The van der Waals surface area contributed by atoms with Gasteiger partial charge in [-0.2, -0.15) is 0 Å². The largest absolute Gasteiger partial charge is 0.382 e. The highest BCUT2D eigenvalue weighted by Crippen LogP contribution is 2.07. The van der Waals surface area contributed by atoms with Crippen LogP contribution in [0.1, 0.15) is 31.4 Å². The van der Waals surface area contributed by atoms with Crippen LogP contribution in [0.5, 0.6) is 0 Å². The van der Waals surface area contributed by atoms with Crippen LogP contribution in [0.3, 0.4) is 0 Å². The van der Waals surface area contributed by atoms with Crippen LogP contribution >= 0.6 is 24.0 Å². The van der Waals surface area contributed by atoms with Gasteiger partial charge in [0.1, 0.15) is 0 Å². The van der Waals surface area contributed by atoms with Crippen molar-refractivity contribution in [3.8, 4) is 0 Å². The lowest BCUT2D eigenvalue weighted by Gasteiger charge is -2.11. The molecule has 0 atom stereocenters. The number of halogens is 1. The summed E-state index contributed by atoms with van der Waals surface area (Å²) in [7, 11) is 1.68. The van der Waals surface area contributed by atoms with Crippen molar-refractivity contribution in [3.05, 3.63) is 35.4 Å². The van der Waals surface area contributed by atoms with Gasteiger partial charge in [0.25, 0.3) is 0 Å². The average Bonchev–Trinajstić information content (AvgIpc) is 2.64. The van der Waals surface area contributed by atoms with Crippen LogP contribution in [0.2, 0.25) is 0 Å². The lowest BCUT2D eigenvalue weighted by Crippen LogP contribution is -2.38. The van der Waals surface area contributed by atoms with Gasteiger partial charge in [-0.05, 0) is 31.4 Å². The van der Waals surface area contributed by atoms with Crippen LogP contribution in [0.25, 0.3) is 0 Å². The zero-order valence-electron chi connectivity index (χ0n) is 16.3. The minimum absolute atomic E-state index is 0. The summed E-state index contributed by atoms with van der Waals surface area (Å²) in [5, 5.41) is 6.59. The first kappa shape index (κ1) is 25.1. The summed E-state index contributed by atoms with van der Waals surface area (Å²) in [5.74, 6) is 0.831. The molecule has 0 radical (unpaired) electrons. The SMILES string of the molecule is CCNC(=NCc1ccc(COCC)cc1)NCCCOCCOC.I. The number of benzene rings is 1. The summed E-state index contributed by atoms with van der Waals surface area (Å²) in [4.78, 5) is 4.63. The Morgan fingerprint density at radius 3 is 2.35 bits per heavy atom. The van der Waals surface area contributed by atoms with Crippen LogP contribution in [0.15, 0.2) is 29.3 Å². The highest BCUT2D eigenvalue weighted by Gasteiger charge is 1.99. The first-order chi connectivity index (χ1) is 12.3. The predicted octanol–water partition coefficient (Wildman–Crippen LogP) is 2.95. The van der Waals surface area contributed by atoms with E-state index in [4.69, 9.17) is 14.2 Å². The fourth-order valence-electron chi connectivity index (χ4n) is 2.10. The number of ether oxygens (including phenoxy) is 3. The summed E-state index contributed by atoms with van der Waals surface area (Å²) in [5.41, 5.74) is 2.37. The van der Waals surface area contributed by atoms with E-state index in [0.29, 0.717) is 26.4 Å². The molecule has 0 saturated heterocycles. The molecule has 1 aromatic rings. The first-order valence-corrected chi connectivity index (χ1v) is 9.04. The second-order valence-corrected chi connectivity index (χ2v) is 5.53. The van der Waals surface area contributed by atoms with Crippen molar-refractivity contribution in [3.63, 3.8) is 0 Å². The predicted molar refractivity (Wildman–Crippen MR) is 117 cm³/mol. The minimum atomic E-state index is 0. The second-order valence-electron chi connectivity index (χ2n) is 5.53. The summed E-state index contributed by atoms with van der Waals surface area (Å²) >= 11 is 0. The molecule has 0 spiro atoms. The normalized spacial score (nSPS) is 11.1. The zero-order valence-corrected chi connectivity index (χ0v) is 18.6. The maximum Gasteiger partial charge on any atom is 0.191 e. The van der Waals surface area contributed by atoms with E-state index in [0.717, 1.165) is 38.7 Å². The van der Waals surface area contributed by atoms with Crippen molar-refractivity contribution in [1.29, 1.82) is 0 Å². The zero-order chi connectivity index (χ0) is 18.2. The van der Waals surface area contributed by atoms with Crippen LogP contribution < -0.4 is 10.6 Å². The van der Waals surface area contributed by atoms with E-state index in [-0.39, 0.29) is 24.0 Å². The Morgan fingerprint density at radius 2 is 1.69 bits per heavy atom. The monoisotopic (exact) mass is 479 g/mol. The van der Waals surface area contributed by atoms with Gasteiger partial charge < -0.3 is 24.8 Å². The first-order valence-electron chi connectivity index (χ1n) is 9.04. The number of rotatable bonds is 13. The molecule has 6 nitrogen and oxygen atoms in total. The van der Waals surface area contributed by atoms with E-state index in [9.17, 15) is 0 Å². The fraction of sp³-hybridized carbons (Fsp3) is 0.632. The summed E-state index contributed by atoms with van der Waals surface area (Å²) < 4.78 is 15.8. The number of hydrogen-bond acceptors (Lipinski definition) is 4. The Balaban J connectivity index is 0.00000625. The van der Waals surface area contributed by atoms with E-state index in [2.05, 4.69) is 46.8 Å². The molecule has 150 valence electrons. The molecule has 0 aliphatic rings. The topological polar surface area (TPSA) is 64.1 Å². The Hall–Kier alpha value is -0.900. The second kappa shape index (κ2) is 17.5. The summed E-state index contributed by atoms with van der Waals surface area (Å²) in [6.45, 7) is 9.78.